The van der Waals surface area contributed by atoms with Gasteiger partial charge in [0, 0.05) is 12.6 Å². The number of hydrogen-bond acceptors (Lipinski definition) is 3. The second kappa shape index (κ2) is 5.27. The molecule has 0 aliphatic carbocycles. The molecule has 2 aromatic rings. The third-order valence-electron chi connectivity index (χ3n) is 2.43. The zero-order chi connectivity index (χ0) is 13.1. The van der Waals surface area contributed by atoms with Crippen molar-refractivity contribution in [3.05, 3.63) is 47.4 Å². The Morgan fingerprint density at radius 2 is 2.06 bits per heavy atom. The molecular formula is C12H10ClF2N3. The molecule has 3 nitrogen and oxygen atoms in total. The molecular weight excluding hydrogens is 260 g/mol. The first-order valence-electron chi connectivity index (χ1n) is 5.32. The van der Waals surface area contributed by atoms with Gasteiger partial charge in [-0.3, -0.25) is 0 Å². The predicted molar refractivity (Wildman–Crippen MR) is 66.1 cm³/mol. The van der Waals surface area contributed by atoms with Crippen LogP contribution in [-0.4, -0.2) is 16.5 Å². The molecule has 0 fully saturated rings. The molecule has 1 heterocycles. The summed E-state index contributed by atoms with van der Waals surface area (Å²) >= 11 is 5.76. The van der Waals surface area contributed by atoms with E-state index in [1.54, 1.807) is 6.92 Å². The molecule has 0 saturated heterocycles. The summed E-state index contributed by atoms with van der Waals surface area (Å²) in [5.74, 6) is -1.39. The van der Waals surface area contributed by atoms with Gasteiger partial charge in [-0.15, -0.1) is 0 Å². The van der Waals surface area contributed by atoms with Crippen molar-refractivity contribution in [2.24, 2.45) is 0 Å². The largest absolute Gasteiger partial charge is 0.324 e. The summed E-state index contributed by atoms with van der Waals surface area (Å²) in [5.41, 5.74) is 0.118. The smallest absolute Gasteiger partial charge is 0.182 e. The molecule has 0 saturated carbocycles. The van der Waals surface area contributed by atoms with Crippen molar-refractivity contribution in [3.63, 3.8) is 0 Å². The normalized spacial score (nSPS) is 10.4. The highest BCUT2D eigenvalue weighted by atomic mass is 35.5. The summed E-state index contributed by atoms with van der Waals surface area (Å²) in [6.07, 6.45) is 1.28. The zero-order valence-corrected chi connectivity index (χ0v) is 10.3. The summed E-state index contributed by atoms with van der Waals surface area (Å²) < 4.78 is 26.9. The Hall–Kier alpha value is -1.75. The van der Waals surface area contributed by atoms with Crippen LogP contribution in [0, 0.1) is 11.6 Å². The van der Waals surface area contributed by atoms with E-state index in [9.17, 15) is 8.78 Å². The van der Waals surface area contributed by atoms with Crippen molar-refractivity contribution in [1.82, 2.24) is 9.97 Å². The molecule has 0 aliphatic rings. The van der Waals surface area contributed by atoms with Crippen LogP contribution < -0.4 is 4.90 Å². The van der Waals surface area contributed by atoms with E-state index in [1.807, 2.05) is 0 Å². The van der Waals surface area contributed by atoms with Gasteiger partial charge in [0.2, 0.25) is 0 Å². The molecule has 0 aliphatic heterocycles. The third kappa shape index (κ3) is 2.41. The van der Waals surface area contributed by atoms with Gasteiger partial charge in [0.1, 0.15) is 17.3 Å². The second-order valence-corrected chi connectivity index (χ2v) is 3.90. The molecule has 6 heteroatoms. The number of benzene rings is 1. The molecule has 0 unspecified atom stereocenters. The lowest BCUT2D eigenvalue weighted by Crippen LogP contribution is -2.19. The van der Waals surface area contributed by atoms with Gasteiger partial charge in [-0.2, -0.15) is 0 Å². The molecule has 0 radical (unpaired) electrons. The van der Waals surface area contributed by atoms with E-state index in [2.05, 4.69) is 9.97 Å². The maximum absolute atomic E-state index is 13.7. The number of aromatic nitrogens is 2. The fraction of sp³-hybridized carbons (Fsp3) is 0.167. The van der Waals surface area contributed by atoms with E-state index in [1.165, 1.54) is 29.4 Å². The van der Waals surface area contributed by atoms with E-state index in [0.717, 1.165) is 6.07 Å². The average molecular weight is 270 g/mol. The summed E-state index contributed by atoms with van der Waals surface area (Å²) in [7, 11) is 0. The molecule has 1 aromatic heterocycles. The highest BCUT2D eigenvalue weighted by Gasteiger charge is 2.16. The Morgan fingerprint density at radius 1 is 1.28 bits per heavy atom. The number of nitrogens with zero attached hydrogens (tertiary/aromatic N) is 3. The Bertz CT molecular complexity index is 563. The fourth-order valence-electron chi connectivity index (χ4n) is 1.63. The quantitative estimate of drug-likeness (QED) is 0.798. The van der Waals surface area contributed by atoms with Crippen molar-refractivity contribution in [3.8, 4) is 0 Å². The van der Waals surface area contributed by atoms with Gasteiger partial charge < -0.3 is 4.90 Å². The van der Waals surface area contributed by atoms with Crippen LogP contribution in [0.1, 0.15) is 6.92 Å². The minimum absolute atomic E-state index is 0.118. The lowest BCUT2D eigenvalue weighted by atomic mass is 10.2. The standard InChI is InChI=1S/C12H10ClF2N3/c1-2-18(11-6-10(13)16-7-17-11)9-5-3-4-8(14)12(9)15/h3-7H,2H2,1H3. The minimum atomic E-state index is -0.908. The van der Waals surface area contributed by atoms with Crippen LogP contribution in [-0.2, 0) is 0 Å². The Balaban J connectivity index is 2.49. The molecule has 0 spiro atoms. The Labute approximate surface area is 108 Å². The third-order valence-corrected chi connectivity index (χ3v) is 2.64. The molecule has 0 atom stereocenters. The van der Waals surface area contributed by atoms with Crippen molar-refractivity contribution in [2.75, 3.05) is 11.4 Å². The lowest BCUT2D eigenvalue weighted by molar-refractivity contribution is 0.508. The van der Waals surface area contributed by atoms with E-state index in [4.69, 9.17) is 11.6 Å². The van der Waals surface area contributed by atoms with Gasteiger partial charge in [-0.1, -0.05) is 17.7 Å². The van der Waals surface area contributed by atoms with Gasteiger partial charge in [0.05, 0.1) is 5.69 Å². The van der Waals surface area contributed by atoms with Gasteiger partial charge >= 0.3 is 0 Å². The number of halogens is 3. The second-order valence-electron chi connectivity index (χ2n) is 3.52. The summed E-state index contributed by atoms with van der Waals surface area (Å²) in [4.78, 5) is 9.27. The van der Waals surface area contributed by atoms with Crippen molar-refractivity contribution < 1.29 is 8.78 Å². The average Bonchev–Trinajstić information content (AvgIpc) is 2.35. The summed E-state index contributed by atoms with van der Waals surface area (Å²) in [5, 5.41) is 0.246. The molecule has 2 rings (SSSR count). The molecule has 0 bridgehead atoms. The topological polar surface area (TPSA) is 29.0 Å². The molecule has 0 amide bonds. The van der Waals surface area contributed by atoms with Crippen LogP contribution >= 0.6 is 11.6 Å². The monoisotopic (exact) mass is 269 g/mol. The first-order valence-corrected chi connectivity index (χ1v) is 5.70. The van der Waals surface area contributed by atoms with Crippen molar-refractivity contribution in [1.29, 1.82) is 0 Å². The van der Waals surface area contributed by atoms with Crippen LogP contribution in [0.15, 0.2) is 30.6 Å². The molecule has 18 heavy (non-hydrogen) atoms. The van der Waals surface area contributed by atoms with E-state index in [0.29, 0.717) is 12.4 Å². The zero-order valence-electron chi connectivity index (χ0n) is 9.57. The van der Waals surface area contributed by atoms with Crippen molar-refractivity contribution in [2.45, 2.75) is 6.92 Å². The van der Waals surface area contributed by atoms with Crippen LogP contribution in [0.3, 0.4) is 0 Å². The van der Waals surface area contributed by atoms with Gasteiger partial charge in [0.25, 0.3) is 0 Å². The summed E-state index contributed by atoms with van der Waals surface area (Å²) in [6.45, 7) is 2.23. The SMILES string of the molecule is CCN(c1cc(Cl)ncn1)c1cccc(F)c1F. The first kappa shape index (κ1) is 12.7. The highest BCUT2D eigenvalue weighted by molar-refractivity contribution is 6.29. The molecule has 1 aromatic carbocycles. The number of hydrogen-bond donors (Lipinski definition) is 0. The van der Waals surface area contributed by atoms with E-state index >= 15 is 0 Å². The van der Waals surface area contributed by atoms with E-state index in [-0.39, 0.29) is 10.8 Å². The number of rotatable bonds is 3. The lowest BCUT2D eigenvalue weighted by Gasteiger charge is -2.22. The highest BCUT2D eigenvalue weighted by Crippen LogP contribution is 2.28. The van der Waals surface area contributed by atoms with Crippen molar-refractivity contribution >= 4 is 23.1 Å². The summed E-state index contributed by atoms with van der Waals surface area (Å²) in [6, 6.07) is 5.49. The van der Waals surface area contributed by atoms with Crippen LogP contribution in [0.25, 0.3) is 0 Å². The van der Waals surface area contributed by atoms with Gasteiger partial charge in [-0.25, -0.2) is 18.7 Å². The maximum Gasteiger partial charge on any atom is 0.182 e. The van der Waals surface area contributed by atoms with Gasteiger partial charge in [-0.05, 0) is 19.1 Å². The molecule has 94 valence electrons. The molecule has 0 N–H and O–H groups in total. The maximum atomic E-state index is 13.7. The number of anilines is 2. The van der Waals surface area contributed by atoms with Crippen LogP contribution in [0.5, 0.6) is 0 Å². The van der Waals surface area contributed by atoms with Crippen LogP contribution in [0.2, 0.25) is 5.15 Å². The van der Waals surface area contributed by atoms with Gasteiger partial charge in [0.15, 0.2) is 11.6 Å². The van der Waals surface area contributed by atoms with Crippen LogP contribution in [0.4, 0.5) is 20.3 Å². The van der Waals surface area contributed by atoms with E-state index < -0.39 is 11.6 Å². The predicted octanol–water partition coefficient (Wildman–Crippen LogP) is 3.57. The minimum Gasteiger partial charge on any atom is -0.324 e. The fourth-order valence-corrected chi connectivity index (χ4v) is 1.77. The Kier molecular flexibility index (Phi) is 3.72. The Morgan fingerprint density at radius 3 is 2.72 bits per heavy atom. The first-order chi connectivity index (χ1) is 8.63.